The summed E-state index contributed by atoms with van der Waals surface area (Å²) in [5, 5.41) is 15.6. The SMILES string of the molecule is CCCC(N)(CC(C)C)CC(C)C.O=C(O)/C=C/C(=O)O. The van der Waals surface area contributed by atoms with Crippen molar-refractivity contribution in [1.29, 1.82) is 0 Å². The van der Waals surface area contributed by atoms with Crippen molar-refractivity contribution in [3.8, 4) is 0 Å². The average molecular weight is 301 g/mol. The Balaban J connectivity index is 0. The average Bonchev–Trinajstić information content (AvgIpc) is 2.24. The molecule has 0 aliphatic rings. The number of nitrogens with two attached hydrogens (primary N) is 1. The summed E-state index contributed by atoms with van der Waals surface area (Å²) in [6, 6.07) is 0. The Labute approximate surface area is 128 Å². The molecule has 0 fully saturated rings. The number of carbonyl (C=O) groups is 2. The van der Waals surface area contributed by atoms with Gasteiger partial charge in [-0.3, -0.25) is 0 Å². The van der Waals surface area contributed by atoms with Crippen LogP contribution in [-0.2, 0) is 9.59 Å². The molecule has 0 aromatic rings. The van der Waals surface area contributed by atoms with Crippen LogP contribution in [0.4, 0.5) is 0 Å². The third-order valence-corrected chi connectivity index (χ3v) is 2.75. The van der Waals surface area contributed by atoms with Crippen molar-refractivity contribution in [1.82, 2.24) is 0 Å². The van der Waals surface area contributed by atoms with Gasteiger partial charge in [-0.1, -0.05) is 41.0 Å². The molecule has 0 rings (SSSR count). The fourth-order valence-electron chi connectivity index (χ4n) is 2.55. The van der Waals surface area contributed by atoms with Gasteiger partial charge in [0.1, 0.15) is 0 Å². The molecule has 5 nitrogen and oxygen atoms in total. The van der Waals surface area contributed by atoms with E-state index in [4.69, 9.17) is 15.9 Å². The molecule has 0 saturated carbocycles. The summed E-state index contributed by atoms with van der Waals surface area (Å²) in [7, 11) is 0. The van der Waals surface area contributed by atoms with Gasteiger partial charge < -0.3 is 15.9 Å². The second kappa shape index (κ2) is 11.3. The lowest BCUT2D eigenvalue weighted by Crippen LogP contribution is -2.42. The van der Waals surface area contributed by atoms with Crippen molar-refractivity contribution in [2.75, 3.05) is 0 Å². The van der Waals surface area contributed by atoms with Crippen molar-refractivity contribution >= 4 is 11.9 Å². The van der Waals surface area contributed by atoms with Crippen molar-refractivity contribution in [2.24, 2.45) is 17.6 Å². The van der Waals surface area contributed by atoms with Crippen LogP contribution < -0.4 is 5.73 Å². The highest BCUT2D eigenvalue weighted by Gasteiger charge is 2.25. The Bertz CT molecular complexity index is 309. The van der Waals surface area contributed by atoms with E-state index in [1.165, 1.54) is 25.7 Å². The largest absolute Gasteiger partial charge is 0.478 e. The lowest BCUT2D eigenvalue weighted by molar-refractivity contribution is -0.134. The monoisotopic (exact) mass is 301 g/mol. The first-order valence-electron chi connectivity index (χ1n) is 7.45. The van der Waals surface area contributed by atoms with Crippen molar-refractivity contribution in [3.05, 3.63) is 12.2 Å². The van der Waals surface area contributed by atoms with Crippen LogP contribution in [0.2, 0.25) is 0 Å². The zero-order valence-electron chi connectivity index (χ0n) is 13.9. The van der Waals surface area contributed by atoms with Gasteiger partial charge >= 0.3 is 11.9 Å². The Kier molecular flexibility index (Phi) is 11.8. The zero-order valence-corrected chi connectivity index (χ0v) is 13.9. The molecule has 0 atom stereocenters. The van der Waals surface area contributed by atoms with Gasteiger partial charge in [0, 0.05) is 17.7 Å². The van der Waals surface area contributed by atoms with Gasteiger partial charge in [0.15, 0.2) is 0 Å². The van der Waals surface area contributed by atoms with Gasteiger partial charge in [0.25, 0.3) is 0 Å². The van der Waals surface area contributed by atoms with E-state index < -0.39 is 11.9 Å². The molecule has 0 aromatic heterocycles. The minimum Gasteiger partial charge on any atom is -0.478 e. The van der Waals surface area contributed by atoms with E-state index in [9.17, 15) is 9.59 Å². The molecule has 0 aliphatic carbocycles. The van der Waals surface area contributed by atoms with Gasteiger partial charge in [-0.15, -0.1) is 0 Å². The lowest BCUT2D eigenvalue weighted by atomic mass is 9.80. The molecule has 0 amide bonds. The van der Waals surface area contributed by atoms with Gasteiger partial charge in [-0.05, 0) is 31.1 Å². The predicted molar refractivity (Wildman–Crippen MR) is 85.1 cm³/mol. The second-order valence-electron chi connectivity index (χ2n) is 6.32. The van der Waals surface area contributed by atoms with E-state index in [2.05, 4.69) is 34.6 Å². The minimum absolute atomic E-state index is 0.0943. The molecule has 0 aromatic carbocycles. The Hall–Kier alpha value is -1.36. The fourth-order valence-corrected chi connectivity index (χ4v) is 2.55. The lowest BCUT2D eigenvalue weighted by Gasteiger charge is -2.32. The van der Waals surface area contributed by atoms with Crippen LogP contribution in [0.25, 0.3) is 0 Å². The van der Waals surface area contributed by atoms with E-state index in [0.717, 1.165) is 11.8 Å². The molecule has 0 heterocycles. The van der Waals surface area contributed by atoms with Crippen molar-refractivity contribution in [3.63, 3.8) is 0 Å². The maximum absolute atomic E-state index is 9.55. The molecule has 0 bridgehead atoms. The summed E-state index contributed by atoms with van der Waals surface area (Å²) in [6.45, 7) is 11.3. The van der Waals surface area contributed by atoms with Gasteiger partial charge in [0.05, 0.1) is 0 Å². The molecular formula is C16H31NO4. The second-order valence-corrected chi connectivity index (χ2v) is 6.32. The molecule has 124 valence electrons. The van der Waals surface area contributed by atoms with E-state index in [-0.39, 0.29) is 5.54 Å². The van der Waals surface area contributed by atoms with Crippen LogP contribution in [-0.4, -0.2) is 27.7 Å². The molecule has 0 unspecified atom stereocenters. The van der Waals surface area contributed by atoms with Crippen molar-refractivity contribution in [2.45, 2.75) is 65.8 Å². The number of carboxylic acid groups (broad SMARTS) is 2. The van der Waals surface area contributed by atoms with Crippen LogP contribution >= 0.6 is 0 Å². The number of carboxylic acids is 2. The summed E-state index contributed by atoms with van der Waals surface area (Å²) in [4.78, 5) is 19.1. The molecule has 4 N–H and O–H groups in total. The molecule has 21 heavy (non-hydrogen) atoms. The zero-order chi connectivity index (χ0) is 17.1. The summed E-state index contributed by atoms with van der Waals surface area (Å²) < 4.78 is 0. The molecule has 0 spiro atoms. The first-order chi connectivity index (χ1) is 9.52. The van der Waals surface area contributed by atoms with Crippen LogP contribution in [0.1, 0.15) is 60.3 Å². The van der Waals surface area contributed by atoms with Crippen LogP contribution in [0, 0.1) is 11.8 Å². The van der Waals surface area contributed by atoms with Gasteiger partial charge in [-0.2, -0.15) is 0 Å². The molecule has 0 saturated heterocycles. The molecule has 5 heteroatoms. The number of hydrogen-bond donors (Lipinski definition) is 3. The van der Waals surface area contributed by atoms with Gasteiger partial charge in [-0.25, -0.2) is 9.59 Å². The maximum atomic E-state index is 9.55. The predicted octanol–water partition coefficient (Wildman–Crippen LogP) is 3.29. The summed E-state index contributed by atoms with van der Waals surface area (Å²) in [6.07, 6.45) is 5.82. The Morgan fingerprint density at radius 3 is 1.52 bits per heavy atom. The summed E-state index contributed by atoms with van der Waals surface area (Å²) in [5.41, 5.74) is 6.50. The minimum atomic E-state index is -1.26. The third-order valence-electron chi connectivity index (χ3n) is 2.75. The summed E-state index contributed by atoms with van der Waals surface area (Å²) >= 11 is 0. The summed E-state index contributed by atoms with van der Waals surface area (Å²) in [5.74, 6) is -1.08. The van der Waals surface area contributed by atoms with Crippen LogP contribution in [0.5, 0.6) is 0 Å². The van der Waals surface area contributed by atoms with E-state index in [1.807, 2.05) is 0 Å². The quantitative estimate of drug-likeness (QED) is 0.597. The van der Waals surface area contributed by atoms with Crippen LogP contribution in [0.3, 0.4) is 0 Å². The topological polar surface area (TPSA) is 101 Å². The first kappa shape index (κ1) is 21.9. The highest BCUT2D eigenvalue weighted by Crippen LogP contribution is 2.26. The third kappa shape index (κ3) is 16.6. The number of aliphatic carboxylic acids is 2. The molecular weight excluding hydrogens is 270 g/mol. The molecule has 0 aliphatic heterocycles. The van der Waals surface area contributed by atoms with Crippen LogP contribution in [0.15, 0.2) is 12.2 Å². The van der Waals surface area contributed by atoms with E-state index >= 15 is 0 Å². The smallest absolute Gasteiger partial charge is 0.328 e. The van der Waals surface area contributed by atoms with Crippen molar-refractivity contribution < 1.29 is 19.8 Å². The Morgan fingerprint density at radius 2 is 1.33 bits per heavy atom. The molecule has 0 radical (unpaired) electrons. The highest BCUT2D eigenvalue weighted by atomic mass is 16.4. The number of hydrogen-bond acceptors (Lipinski definition) is 3. The fraction of sp³-hybridized carbons (Fsp3) is 0.750. The Morgan fingerprint density at radius 1 is 1.00 bits per heavy atom. The normalized spacial score (nSPS) is 11.6. The van der Waals surface area contributed by atoms with E-state index in [1.54, 1.807) is 0 Å². The standard InChI is InChI=1S/C12H27N.C4H4O4/c1-6-7-12(13,8-10(2)3)9-11(4)5;5-3(6)1-2-4(7)8/h10-11H,6-9,13H2,1-5H3;1-2H,(H,5,6)(H,7,8)/b;2-1+. The maximum Gasteiger partial charge on any atom is 0.328 e. The highest BCUT2D eigenvalue weighted by molar-refractivity contribution is 5.89. The van der Waals surface area contributed by atoms with Gasteiger partial charge in [0.2, 0.25) is 0 Å². The first-order valence-corrected chi connectivity index (χ1v) is 7.45. The van der Waals surface area contributed by atoms with E-state index in [0.29, 0.717) is 12.2 Å². The number of rotatable bonds is 8.